The molecule has 0 aliphatic carbocycles. The lowest BCUT2D eigenvalue weighted by atomic mass is 9.77. The molecule has 3 nitrogen and oxygen atoms in total. The number of amides is 1. The molecule has 1 saturated heterocycles. The molecule has 0 aromatic rings. The molecule has 2 atom stereocenters. The average molecular weight is 298 g/mol. The molecule has 0 saturated carbocycles. The molecule has 20 heavy (non-hydrogen) atoms. The van der Waals surface area contributed by atoms with Crippen molar-refractivity contribution in [2.45, 2.75) is 84.7 Å². The highest BCUT2D eigenvalue weighted by molar-refractivity contribution is 7.80. The van der Waals surface area contributed by atoms with Crippen LogP contribution in [0.25, 0.3) is 0 Å². The van der Waals surface area contributed by atoms with Crippen molar-refractivity contribution in [1.82, 2.24) is 4.90 Å². The van der Waals surface area contributed by atoms with Gasteiger partial charge in [-0.2, -0.15) is 0 Å². The van der Waals surface area contributed by atoms with Crippen LogP contribution in [0.5, 0.6) is 0 Å². The minimum Gasteiger partial charge on any atom is -0.392 e. The molecule has 1 amide bonds. The predicted octanol–water partition coefficient (Wildman–Crippen LogP) is 3.65. The van der Waals surface area contributed by atoms with Crippen LogP contribution in [-0.2, 0) is 4.79 Å². The Morgan fingerprint density at radius 2 is 1.80 bits per heavy atom. The molecule has 0 bridgehead atoms. The van der Waals surface area contributed by atoms with E-state index < -0.39 is 5.41 Å². The Kier molecular flexibility index (Phi) is 6.44. The SMILES string of the molecule is CCCC(CCC)(C(=O)N1C(C)CCC1CC)C(N)=S. The second kappa shape index (κ2) is 7.39. The number of nitrogens with two attached hydrogens (primary N) is 1. The maximum Gasteiger partial charge on any atom is 0.236 e. The summed E-state index contributed by atoms with van der Waals surface area (Å²) < 4.78 is 0. The van der Waals surface area contributed by atoms with E-state index in [-0.39, 0.29) is 5.91 Å². The molecule has 2 unspecified atom stereocenters. The van der Waals surface area contributed by atoms with Gasteiger partial charge >= 0.3 is 0 Å². The first-order chi connectivity index (χ1) is 9.44. The fourth-order valence-corrected chi connectivity index (χ4v) is 3.92. The molecule has 116 valence electrons. The van der Waals surface area contributed by atoms with E-state index in [2.05, 4.69) is 32.6 Å². The van der Waals surface area contributed by atoms with Gasteiger partial charge in [0.15, 0.2) is 0 Å². The number of nitrogens with zero attached hydrogens (tertiary/aromatic N) is 1. The van der Waals surface area contributed by atoms with E-state index in [0.717, 1.165) is 44.9 Å². The Hall–Kier alpha value is -0.640. The summed E-state index contributed by atoms with van der Waals surface area (Å²) in [5, 5.41) is 0. The maximum absolute atomic E-state index is 13.2. The van der Waals surface area contributed by atoms with Gasteiger partial charge in [-0.05, 0) is 39.0 Å². The first-order valence-electron chi connectivity index (χ1n) is 8.07. The Bertz CT molecular complexity index is 350. The molecule has 0 aromatic carbocycles. The summed E-state index contributed by atoms with van der Waals surface area (Å²) in [6.07, 6.45) is 6.63. The molecule has 1 aliphatic rings. The molecule has 2 N–H and O–H groups in total. The summed E-state index contributed by atoms with van der Waals surface area (Å²) in [5.41, 5.74) is 5.41. The van der Waals surface area contributed by atoms with Crippen molar-refractivity contribution in [1.29, 1.82) is 0 Å². The molecule has 1 aliphatic heterocycles. The zero-order valence-electron chi connectivity index (χ0n) is 13.4. The maximum atomic E-state index is 13.2. The van der Waals surface area contributed by atoms with Crippen LogP contribution in [0.2, 0.25) is 0 Å². The van der Waals surface area contributed by atoms with E-state index in [1.807, 2.05) is 0 Å². The van der Waals surface area contributed by atoms with Crippen molar-refractivity contribution in [3.8, 4) is 0 Å². The van der Waals surface area contributed by atoms with Gasteiger partial charge in [-0.25, -0.2) is 0 Å². The Morgan fingerprint density at radius 3 is 2.20 bits per heavy atom. The highest BCUT2D eigenvalue weighted by Gasteiger charge is 2.46. The summed E-state index contributed by atoms with van der Waals surface area (Å²) in [6, 6.07) is 0.676. The zero-order valence-corrected chi connectivity index (χ0v) is 14.3. The van der Waals surface area contributed by atoms with Gasteiger partial charge in [0.1, 0.15) is 0 Å². The second-order valence-corrected chi connectivity index (χ2v) is 6.59. The predicted molar refractivity (Wildman–Crippen MR) is 88.7 cm³/mol. The number of carbonyl (C=O) groups is 1. The van der Waals surface area contributed by atoms with Crippen LogP contribution in [0.1, 0.15) is 72.6 Å². The van der Waals surface area contributed by atoms with Crippen LogP contribution in [0.4, 0.5) is 0 Å². The van der Waals surface area contributed by atoms with E-state index in [1.165, 1.54) is 0 Å². The first kappa shape index (κ1) is 17.4. The number of carbonyl (C=O) groups excluding carboxylic acids is 1. The van der Waals surface area contributed by atoms with Crippen molar-refractivity contribution in [2.24, 2.45) is 11.1 Å². The van der Waals surface area contributed by atoms with Crippen LogP contribution in [0.3, 0.4) is 0 Å². The van der Waals surface area contributed by atoms with E-state index in [1.54, 1.807) is 0 Å². The van der Waals surface area contributed by atoms with Gasteiger partial charge in [-0.3, -0.25) is 4.79 Å². The summed E-state index contributed by atoms with van der Waals surface area (Å²) in [7, 11) is 0. The van der Waals surface area contributed by atoms with Crippen molar-refractivity contribution >= 4 is 23.1 Å². The van der Waals surface area contributed by atoms with E-state index in [0.29, 0.717) is 17.1 Å². The zero-order chi connectivity index (χ0) is 15.3. The largest absolute Gasteiger partial charge is 0.392 e. The highest BCUT2D eigenvalue weighted by atomic mass is 32.1. The standard InChI is InChI=1S/C16H30N2OS/c1-5-10-16(11-6-2,14(17)20)15(19)18-12(4)8-9-13(18)7-3/h12-13H,5-11H2,1-4H3,(H2,17,20). The van der Waals surface area contributed by atoms with Crippen molar-refractivity contribution in [3.63, 3.8) is 0 Å². The molecule has 1 heterocycles. The fraction of sp³-hybridized carbons (Fsp3) is 0.875. The molecule has 4 heteroatoms. The van der Waals surface area contributed by atoms with Gasteiger partial charge in [0.2, 0.25) is 5.91 Å². The summed E-state index contributed by atoms with van der Waals surface area (Å²) in [5.74, 6) is 0.186. The van der Waals surface area contributed by atoms with Gasteiger partial charge in [0, 0.05) is 12.1 Å². The molecule has 0 aromatic heterocycles. The van der Waals surface area contributed by atoms with Gasteiger partial charge < -0.3 is 10.6 Å². The highest BCUT2D eigenvalue weighted by Crippen LogP contribution is 2.37. The average Bonchev–Trinajstić information content (AvgIpc) is 2.78. The Labute approximate surface area is 129 Å². The molecular formula is C16H30N2OS. The van der Waals surface area contributed by atoms with E-state index in [9.17, 15) is 4.79 Å². The van der Waals surface area contributed by atoms with Gasteiger partial charge in [-0.1, -0.05) is 45.8 Å². The van der Waals surface area contributed by atoms with Crippen LogP contribution >= 0.6 is 12.2 Å². The van der Waals surface area contributed by atoms with Crippen LogP contribution in [0.15, 0.2) is 0 Å². The number of hydrogen-bond acceptors (Lipinski definition) is 2. The third-order valence-corrected chi connectivity index (χ3v) is 5.12. The summed E-state index contributed by atoms with van der Waals surface area (Å²) in [4.78, 5) is 15.7. The fourth-order valence-electron chi connectivity index (χ4n) is 3.63. The summed E-state index contributed by atoms with van der Waals surface area (Å²) in [6.45, 7) is 8.50. The Morgan fingerprint density at radius 1 is 1.25 bits per heavy atom. The lowest BCUT2D eigenvalue weighted by Gasteiger charge is -2.39. The van der Waals surface area contributed by atoms with Crippen LogP contribution in [0, 0.1) is 5.41 Å². The Balaban J connectivity index is 3.11. The number of rotatable bonds is 7. The summed E-state index contributed by atoms with van der Waals surface area (Å²) >= 11 is 5.32. The molecule has 1 rings (SSSR count). The van der Waals surface area contributed by atoms with E-state index in [4.69, 9.17) is 18.0 Å². The number of hydrogen-bond donors (Lipinski definition) is 1. The normalized spacial score (nSPS) is 23.1. The monoisotopic (exact) mass is 298 g/mol. The molecule has 0 radical (unpaired) electrons. The lowest BCUT2D eigenvalue weighted by molar-refractivity contribution is -0.142. The van der Waals surface area contributed by atoms with Crippen molar-refractivity contribution in [3.05, 3.63) is 0 Å². The third kappa shape index (κ3) is 3.16. The lowest BCUT2D eigenvalue weighted by Crippen LogP contribution is -2.53. The smallest absolute Gasteiger partial charge is 0.236 e. The number of likely N-dealkylation sites (tertiary alicyclic amines) is 1. The molecule has 1 fully saturated rings. The molecule has 0 spiro atoms. The van der Waals surface area contributed by atoms with Crippen LogP contribution in [-0.4, -0.2) is 27.9 Å². The van der Waals surface area contributed by atoms with E-state index >= 15 is 0 Å². The second-order valence-electron chi connectivity index (χ2n) is 6.15. The first-order valence-corrected chi connectivity index (χ1v) is 8.48. The van der Waals surface area contributed by atoms with Crippen molar-refractivity contribution in [2.75, 3.05) is 0 Å². The number of thiocarbonyl (C=S) groups is 1. The third-order valence-electron chi connectivity index (χ3n) is 4.73. The van der Waals surface area contributed by atoms with Crippen LogP contribution < -0.4 is 5.73 Å². The molecular weight excluding hydrogens is 268 g/mol. The minimum atomic E-state index is -0.620. The topological polar surface area (TPSA) is 46.3 Å². The quantitative estimate of drug-likeness (QED) is 0.730. The van der Waals surface area contributed by atoms with Crippen molar-refractivity contribution < 1.29 is 4.79 Å². The van der Waals surface area contributed by atoms with Gasteiger partial charge in [-0.15, -0.1) is 0 Å². The van der Waals surface area contributed by atoms with Gasteiger partial charge in [0.05, 0.1) is 10.4 Å². The minimum absolute atomic E-state index is 0.186. The van der Waals surface area contributed by atoms with Gasteiger partial charge in [0.25, 0.3) is 0 Å².